The van der Waals surface area contributed by atoms with Gasteiger partial charge in [0, 0.05) is 13.1 Å². The van der Waals surface area contributed by atoms with E-state index in [1.807, 2.05) is 0 Å². The van der Waals surface area contributed by atoms with Gasteiger partial charge in [-0.1, -0.05) is 0 Å². The zero-order valence-corrected chi connectivity index (χ0v) is 11.9. The first-order valence-corrected chi connectivity index (χ1v) is 8.08. The van der Waals surface area contributed by atoms with E-state index in [-0.39, 0.29) is 37.2 Å². The van der Waals surface area contributed by atoms with Crippen molar-refractivity contribution in [1.82, 2.24) is 10.2 Å². The molecule has 0 radical (unpaired) electrons. The van der Waals surface area contributed by atoms with E-state index in [2.05, 4.69) is 5.32 Å². The van der Waals surface area contributed by atoms with Crippen LogP contribution >= 0.6 is 0 Å². The van der Waals surface area contributed by atoms with Gasteiger partial charge in [-0.05, 0) is 13.3 Å². The zero-order valence-electron chi connectivity index (χ0n) is 11.1. The van der Waals surface area contributed by atoms with E-state index in [1.165, 1.54) is 0 Å². The lowest BCUT2D eigenvalue weighted by Crippen LogP contribution is -2.50. The second-order valence-electron chi connectivity index (χ2n) is 5.17. The molecule has 1 rings (SSSR count). The van der Waals surface area contributed by atoms with Gasteiger partial charge in [-0.15, -0.1) is 0 Å². The van der Waals surface area contributed by atoms with Gasteiger partial charge in [0.1, 0.15) is 0 Å². The van der Waals surface area contributed by atoms with E-state index in [0.717, 1.165) is 0 Å². The maximum absolute atomic E-state index is 11.9. The Balaban J connectivity index is 2.50. The summed E-state index contributed by atoms with van der Waals surface area (Å²) in [6, 6.07) is 0. The third-order valence-electron chi connectivity index (χ3n) is 3.14. The second kappa shape index (κ2) is 6.65. The predicted molar refractivity (Wildman–Crippen MR) is 70.4 cm³/mol. The van der Waals surface area contributed by atoms with Crippen molar-refractivity contribution in [3.8, 4) is 0 Å². The lowest BCUT2D eigenvalue weighted by Gasteiger charge is -2.26. The van der Waals surface area contributed by atoms with Crippen LogP contribution in [0.1, 0.15) is 13.3 Å². The van der Waals surface area contributed by atoms with Crippen molar-refractivity contribution in [3.05, 3.63) is 0 Å². The number of nitrogens with one attached hydrogen (secondary N) is 1. The maximum Gasteiger partial charge on any atom is 0.234 e. The topological polar surface area (TPSA) is 107 Å². The van der Waals surface area contributed by atoms with Gasteiger partial charge in [0.15, 0.2) is 9.84 Å². The summed E-state index contributed by atoms with van der Waals surface area (Å²) >= 11 is 0. The molecule has 0 aliphatic carbocycles. The Hall–Kier alpha value is -0.700. The highest BCUT2D eigenvalue weighted by molar-refractivity contribution is 7.91. The molecule has 0 aromatic carbocycles. The van der Waals surface area contributed by atoms with Crippen LogP contribution in [-0.4, -0.2) is 79.3 Å². The highest BCUT2D eigenvalue weighted by Crippen LogP contribution is 2.22. The van der Waals surface area contributed by atoms with E-state index in [1.54, 1.807) is 11.8 Å². The number of aliphatic hydroxyl groups is 2. The normalized spacial score (nSPS) is 25.7. The second-order valence-corrected chi connectivity index (χ2v) is 7.36. The lowest BCUT2D eigenvalue weighted by molar-refractivity contribution is -0.123. The van der Waals surface area contributed by atoms with E-state index in [0.29, 0.717) is 19.5 Å². The van der Waals surface area contributed by atoms with Crippen LogP contribution in [0.2, 0.25) is 0 Å². The standard InChI is InChI=1S/C11H22N2O5S/c1-11(2-7-19(17,18)9-11)12-10(16)8-13(3-5-14)4-6-15/h14-15H,2-9H2,1H3,(H,12,16). The molecule has 1 saturated heterocycles. The molecule has 0 saturated carbocycles. The van der Waals surface area contributed by atoms with Crippen LogP contribution in [-0.2, 0) is 14.6 Å². The minimum Gasteiger partial charge on any atom is -0.395 e. The van der Waals surface area contributed by atoms with Crippen LogP contribution < -0.4 is 5.32 Å². The molecule has 0 spiro atoms. The van der Waals surface area contributed by atoms with E-state index in [4.69, 9.17) is 10.2 Å². The molecule has 112 valence electrons. The van der Waals surface area contributed by atoms with Gasteiger partial charge in [0.25, 0.3) is 0 Å². The minimum atomic E-state index is -3.06. The summed E-state index contributed by atoms with van der Waals surface area (Å²) in [5.74, 6) is -0.228. The molecule has 1 amide bonds. The molecule has 1 fully saturated rings. The SMILES string of the molecule is CC1(NC(=O)CN(CCO)CCO)CCS(=O)(=O)C1. The largest absolute Gasteiger partial charge is 0.395 e. The van der Waals surface area contributed by atoms with Crippen molar-refractivity contribution < 1.29 is 23.4 Å². The summed E-state index contributed by atoms with van der Waals surface area (Å²) in [6.45, 7) is 2.15. The number of carbonyl (C=O) groups is 1. The Labute approximate surface area is 113 Å². The number of rotatable bonds is 7. The Kier molecular flexibility index (Phi) is 5.72. The third-order valence-corrected chi connectivity index (χ3v) is 5.05. The fourth-order valence-corrected chi connectivity index (χ4v) is 4.33. The van der Waals surface area contributed by atoms with Crippen molar-refractivity contribution in [2.75, 3.05) is 44.4 Å². The van der Waals surface area contributed by atoms with Crippen molar-refractivity contribution in [2.45, 2.75) is 18.9 Å². The average molecular weight is 294 g/mol. The first-order valence-electron chi connectivity index (χ1n) is 6.26. The van der Waals surface area contributed by atoms with Crippen LogP contribution in [0.3, 0.4) is 0 Å². The van der Waals surface area contributed by atoms with Crippen LogP contribution in [0.4, 0.5) is 0 Å². The number of hydrogen-bond acceptors (Lipinski definition) is 6. The number of nitrogens with zero attached hydrogens (tertiary/aromatic N) is 1. The van der Waals surface area contributed by atoms with Crippen LogP contribution in [0.5, 0.6) is 0 Å². The van der Waals surface area contributed by atoms with Crippen LogP contribution in [0.25, 0.3) is 0 Å². The number of hydrogen-bond donors (Lipinski definition) is 3. The van der Waals surface area contributed by atoms with Gasteiger partial charge in [0.05, 0.1) is 36.8 Å². The molecule has 1 unspecified atom stereocenters. The van der Waals surface area contributed by atoms with E-state index in [9.17, 15) is 13.2 Å². The molecule has 0 aromatic heterocycles. The van der Waals surface area contributed by atoms with Crippen molar-refractivity contribution in [2.24, 2.45) is 0 Å². The molecule has 7 nitrogen and oxygen atoms in total. The van der Waals surface area contributed by atoms with Gasteiger partial charge in [0.2, 0.25) is 5.91 Å². The number of amides is 1. The highest BCUT2D eigenvalue weighted by Gasteiger charge is 2.39. The van der Waals surface area contributed by atoms with E-state index >= 15 is 0 Å². The summed E-state index contributed by atoms with van der Waals surface area (Å²) in [7, 11) is -3.06. The lowest BCUT2D eigenvalue weighted by atomic mass is 10.0. The molecule has 1 heterocycles. The minimum absolute atomic E-state index is 0.0360. The Morgan fingerprint density at radius 1 is 1.32 bits per heavy atom. The summed E-state index contributed by atoms with van der Waals surface area (Å²) in [5, 5.41) is 20.4. The zero-order chi connectivity index (χ0) is 14.5. The Morgan fingerprint density at radius 2 is 1.89 bits per heavy atom. The Morgan fingerprint density at radius 3 is 2.32 bits per heavy atom. The van der Waals surface area contributed by atoms with E-state index < -0.39 is 15.4 Å². The smallest absolute Gasteiger partial charge is 0.234 e. The van der Waals surface area contributed by atoms with Gasteiger partial charge < -0.3 is 15.5 Å². The molecule has 0 aromatic rings. The van der Waals surface area contributed by atoms with Crippen LogP contribution in [0, 0.1) is 0 Å². The van der Waals surface area contributed by atoms with Gasteiger partial charge >= 0.3 is 0 Å². The highest BCUT2D eigenvalue weighted by atomic mass is 32.2. The number of sulfone groups is 1. The maximum atomic E-state index is 11.9. The van der Waals surface area contributed by atoms with Crippen molar-refractivity contribution >= 4 is 15.7 Å². The summed E-state index contributed by atoms with van der Waals surface area (Å²) in [6.07, 6.45) is 0.418. The monoisotopic (exact) mass is 294 g/mol. The first kappa shape index (κ1) is 16.4. The molecule has 0 bridgehead atoms. The third kappa shape index (κ3) is 5.43. The predicted octanol–water partition coefficient (Wildman–Crippen LogP) is -2.03. The summed E-state index contributed by atoms with van der Waals surface area (Å²) < 4.78 is 22.9. The number of carbonyl (C=O) groups excluding carboxylic acids is 1. The molecule has 19 heavy (non-hydrogen) atoms. The fourth-order valence-electron chi connectivity index (χ4n) is 2.24. The molecule has 1 aliphatic heterocycles. The summed E-state index contributed by atoms with van der Waals surface area (Å²) in [4.78, 5) is 13.5. The average Bonchev–Trinajstić information content (AvgIpc) is 2.53. The molecule has 8 heteroatoms. The molecule has 1 atom stereocenters. The van der Waals surface area contributed by atoms with Crippen LogP contribution in [0.15, 0.2) is 0 Å². The fraction of sp³-hybridized carbons (Fsp3) is 0.909. The molecular weight excluding hydrogens is 272 g/mol. The van der Waals surface area contributed by atoms with Gasteiger partial charge in [-0.2, -0.15) is 0 Å². The van der Waals surface area contributed by atoms with Crippen molar-refractivity contribution in [3.63, 3.8) is 0 Å². The van der Waals surface area contributed by atoms with Gasteiger partial charge in [-0.3, -0.25) is 9.69 Å². The summed E-state index contributed by atoms with van der Waals surface area (Å²) in [5.41, 5.74) is -0.708. The molecule has 3 N–H and O–H groups in total. The Bertz CT molecular complexity index is 405. The molecule has 1 aliphatic rings. The quantitative estimate of drug-likeness (QED) is 0.500. The van der Waals surface area contributed by atoms with Gasteiger partial charge in [-0.25, -0.2) is 8.42 Å². The molecular formula is C11H22N2O5S. The first-order chi connectivity index (χ1) is 8.80. The van der Waals surface area contributed by atoms with Crippen molar-refractivity contribution in [1.29, 1.82) is 0 Å². The number of aliphatic hydroxyl groups excluding tert-OH is 2.